The van der Waals surface area contributed by atoms with Crippen LogP contribution in [0.4, 0.5) is 13.2 Å². The molecule has 0 aliphatic carbocycles. The lowest BCUT2D eigenvalue weighted by molar-refractivity contribution is -0.137. The molecule has 1 aromatic carbocycles. The molecule has 0 fully saturated rings. The van der Waals surface area contributed by atoms with Gasteiger partial charge in [0.05, 0.1) is 11.3 Å². The largest absolute Gasteiger partial charge is 0.416 e. The summed E-state index contributed by atoms with van der Waals surface area (Å²) in [6.07, 6.45) is -0.669. The lowest BCUT2D eigenvalue weighted by atomic mass is 10.2. The second-order valence-electron chi connectivity index (χ2n) is 5.16. The Hall–Kier alpha value is -2.90. The van der Waals surface area contributed by atoms with Gasteiger partial charge in [-0.15, -0.1) is 0 Å². The van der Waals surface area contributed by atoms with E-state index >= 15 is 0 Å². The smallest absolute Gasteiger partial charge is 0.383 e. The molecule has 0 bridgehead atoms. The molecule has 0 radical (unpaired) electrons. The number of alkyl halides is 3. The zero-order valence-electron chi connectivity index (χ0n) is 12.9. The predicted octanol–water partition coefficient (Wildman–Crippen LogP) is 2.51. The molecule has 0 saturated carbocycles. The molecule has 0 amide bonds. The third kappa shape index (κ3) is 4.09. The Morgan fingerprint density at radius 1 is 1.25 bits per heavy atom. The van der Waals surface area contributed by atoms with E-state index in [0.29, 0.717) is 0 Å². The van der Waals surface area contributed by atoms with Crippen molar-refractivity contribution < 1.29 is 18.0 Å². The number of carbonyl (C=O) groups excluding carboxylic acids is 1. The van der Waals surface area contributed by atoms with Gasteiger partial charge in [-0.1, -0.05) is 6.07 Å². The first kappa shape index (κ1) is 17.5. The minimum absolute atomic E-state index is 0.0930. The number of allylic oxidation sites excluding steroid dienone is 1. The van der Waals surface area contributed by atoms with Crippen LogP contribution in [0.5, 0.6) is 0 Å². The van der Waals surface area contributed by atoms with Crippen molar-refractivity contribution in [2.24, 2.45) is 0 Å². The zero-order valence-corrected chi connectivity index (χ0v) is 12.9. The molecule has 0 aliphatic heterocycles. The topological polar surface area (TPSA) is 55.2 Å². The summed E-state index contributed by atoms with van der Waals surface area (Å²) in [5.74, 6) is -0.630. The molecule has 0 atom stereocenters. The Morgan fingerprint density at radius 3 is 2.58 bits per heavy atom. The Kier molecular flexibility index (Phi) is 4.87. The van der Waals surface area contributed by atoms with E-state index in [9.17, 15) is 22.8 Å². The Bertz CT molecular complexity index is 839. The number of ketones is 1. The van der Waals surface area contributed by atoms with E-state index in [0.717, 1.165) is 22.9 Å². The molecular formula is C16H14F3N3O2. The van der Waals surface area contributed by atoms with Crippen LogP contribution in [0.15, 0.2) is 53.6 Å². The lowest BCUT2D eigenvalue weighted by Gasteiger charge is -2.10. The van der Waals surface area contributed by atoms with Crippen LogP contribution < -0.4 is 5.43 Å². The third-order valence-corrected chi connectivity index (χ3v) is 3.00. The fraction of sp³-hybridized carbons (Fsp3) is 0.188. The standard InChI is InChI=1S/C16H14F3N3O2/c1-21(2)8-6-13(23)15-14(24)7-9-22(20-15)12-5-3-4-11(10-12)16(17,18)19/h3-10H,1-2H3/b8-6+. The maximum atomic E-state index is 12.8. The van der Waals surface area contributed by atoms with Gasteiger partial charge in [-0.2, -0.15) is 18.3 Å². The number of benzene rings is 1. The number of rotatable bonds is 4. The van der Waals surface area contributed by atoms with Crippen LogP contribution in [-0.2, 0) is 6.18 Å². The van der Waals surface area contributed by atoms with E-state index in [1.165, 1.54) is 30.6 Å². The van der Waals surface area contributed by atoms with Gasteiger partial charge in [-0.25, -0.2) is 4.68 Å². The van der Waals surface area contributed by atoms with Crippen molar-refractivity contribution in [1.82, 2.24) is 14.7 Å². The molecule has 0 N–H and O–H groups in total. The molecule has 0 aliphatic rings. The van der Waals surface area contributed by atoms with Crippen LogP contribution in [0.3, 0.4) is 0 Å². The maximum absolute atomic E-state index is 12.8. The van der Waals surface area contributed by atoms with Crippen LogP contribution in [0.2, 0.25) is 0 Å². The van der Waals surface area contributed by atoms with Crippen molar-refractivity contribution in [3.05, 3.63) is 70.3 Å². The molecule has 126 valence electrons. The summed E-state index contributed by atoms with van der Waals surface area (Å²) < 4.78 is 39.4. The molecule has 0 unspecified atom stereocenters. The van der Waals surface area contributed by atoms with Gasteiger partial charge in [-0.05, 0) is 18.2 Å². The van der Waals surface area contributed by atoms with Crippen LogP contribution in [0.1, 0.15) is 16.1 Å². The second kappa shape index (κ2) is 6.69. The molecule has 8 heteroatoms. The molecule has 1 heterocycles. The van der Waals surface area contributed by atoms with E-state index in [4.69, 9.17) is 0 Å². The van der Waals surface area contributed by atoms with E-state index in [-0.39, 0.29) is 11.4 Å². The third-order valence-electron chi connectivity index (χ3n) is 3.00. The second-order valence-corrected chi connectivity index (χ2v) is 5.16. The summed E-state index contributed by atoms with van der Waals surface area (Å²) in [7, 11) is 3.40. The zero-order chi connectivity index (χ0) is 17.9. The van der Waals surface area contributed by atoms with Gasteiger partial charge in [0.2, 0.25) is 11.2 Å². The fourth-order valence-corrected chi connectivity index (χ4v) is 1.84. The van der Waals surface area contributed by atoms with Gasteiger partial charge in [0.1, 0.15) is 0 Å². The SMILES string of the molecule is CN(C)/C=C/C(=O)c1nn(-c2cccc(C(F)(F)F)c2)ccc1=O. The van der Waals surface area contributed by atoms with Crippen molar-refractivity contribution in [2.75, 3.05) is 14.1 Å². The highest BCUT2D eigenvalue weighted by Gasteiger charge is 2.30. The number of carbonyl (C=O) groups is 1. The normalized spacial score (nSPS) is 11.7. The average molecular weight is 337 g/mol. The van der Waals surface area contributed by atoms with Gasteiger partial charge >= 0.3 is 6.18 Å². The highest BCUT2D eigenvalue weighted by Crippen LogP contribution is 2.30. The summed E-state index contributed by atoms with van der Waals surface area (Å²) >= 11 is 0. The fourth-order valence-electron chi connectivity index (χ4n) is 1.84. The first-order chi connectivity index (χ1) is 11.2. The summed E-state index contributed by atoms with van der Waals surface area (Å²) in [4.78, 5) is 25.4. The van der Waals surface area contributed by atoms with Crippen LogP contribution in [-0.4, -0.2) is 34.6 Å². The van der Waals surface area contributed by atoms with Crippen molar-refractivity contribution in [2.45, 2.75) is 6.18 Å². The van der Waals surface area contributed by atoms with Crippen LogP contribution >= 0.6 is 0 Å². The van der Waals surface area contributed by atoms with Gasteiger partial charge in [-0.3, -0.25) is 9.59 Å². The van der Waals surface area contributed by atoms with Crippen molar-refractivity contribution >= 4 is 5.78 Å². The van der Waals surface area contributed by atoms with E-state index in [1.54, 1.807) is 19.0 Å². The quantitative estimate of drug-likeness (QED) is 0.635. The molecular weight excluding hydrogens is 323 g/mol. The molecule has 24 heavy (non-hydrogen) atoms. The number of halogens is 3. The van der Waals surface area contributed by atoms with Crippen molar-refractivity contribution in [1.29, 1.82) is 0 Å². The molecule has 1 aromatic heterocycles. The number of hydrogen-bond acceptors (Lipinski definition) is 4. The molecule has 2 aromatic rings. The number of aromatic nitrogens is 2. The van der Waals surface area contributed by atoms with Gasteiger partial charge in [0.25, 0.3) is 0 Å². The van der Waals surface area contributed by atoms with E-state index < -0.39 is 23.0 Å². The minimum Gasteiger partial charge on any atom is -0.383 e. The Labute approximate surface area is 135 Å². The highest BCUT2D eigenvalue weighted by molar-refractivity contribution is 6.02. The van der Waals surface area contributed by atoms with Crippen LogP contribution in [0, 0.1) is 0 Å². The highest BCUT2D eigenvalue weighted by atomic mass is 19.4. The molecule has 0 saturated heterocycles. The first-order valence-electron chi connectivity index (χ1n) is 6.85. The number of hydrogen-bond donors (Lipinski definition) is 0. The Morgan fingerprint density at radius 2 is 1.96 bits per heavy atom. The first-order valence-corrected chi connectivity index (χ1v) is 6.85. The maximum Gasteiger partial charge on any atom is 0.416 e. The van der Waals surface area contributed by atoms with Crippen LogP contribution in [0.25, 0.3) is 5.69 Å². The van der Waals surface area contributed by atoms with E-state index in [2.05, 4.69) is 5.10 Å². The van der Waals surface area contributed by atoms with Crippen molar-refractivity contribution in [3.63, 3.8) is 0 Å². The van der Waals surface area contributed by atoms with Gasteiger partial charge < -0.3 is 4.90 Å². The average Bonchev–Trinajstić information content (AvgIpc) is 2.52. The molecule has 0 spiro atoms. The van der Waals surface area contributed by atoms with E-state index in [1.807, 2.05) is 0 Å². The minimum atomic E-state index is -4.50. The monoisotopic (exact) mass is 337 g/mol. The molecule has 2 rings (SSSR count). The number of nitrogens with zero attached hydrogens (tertiary/aromatic N) is 3. The summed E-state index contributed by atoms with van der Waals surface area (Å²) in [6.45, 7) is 0. The van der Waals surface area contributed by atoms with Crippen molar-refractivity contribution in [3.8, 4) is 5.69 Å². The summed E-state index contributed by atoms with van der Waals surface area (Å²) in [5.41, 5.74) is -1.73. The lowest BCUT2D eigenvalue weighted by Crippen LogP contribution is -2.20. The predicted molar refractivity (Wildman–Crippen MR) is 82.0 cm³/mol. The molecule has 5 nitrogen and oxygen atoms in total. The summed E-state index contributed by atoms with van der Waals surface area (Å²) in [6, 6.07) is 5.53. The summed E-state index contributed by atoms with van der Waals surface area (Å²) in [5, 5.41) is 3.86. The van der Waals surface area contributed by atoms with Gasteiger partial charge in [0, 0.05) is 38.6 Å². The van der Waals surface area contributed by atoms with Gasteiger partial charge in [0.15, 0.2) is 5.69 Å². The Balaban J connectivity index is 2.45.